The molecule has 1 aromatic rings. The van der Waals surface area contributed by atoms with Crippen LogP contribution in [-0.4, -0.2) is 58.4 Å². The van der Waals surface area contributed by atoms with Crippen molar-refractivity contribution in [1.82, 2.24) is 19.4 Å². The Balaban J connectivity index is 2.59. The van der Waals surface area contributed by atoms with Crippen LogP contribution in [0.25, 0.3) is 0 Å². The molecule has 8 heteroatoms. The highest BCUT2D eigenvalue weighted by Gasteiger charge is 2.23. The number of aromatic nitrogens is 2. The summed E-state index contributed by atoms with van der Waals surface area (Å²) < 4.78 is 3.35. The van der Waals surface area contributed by atoms with Crippen molar-refractivity contribution in [3.63, 3.8) is 0 Å². The maximum atomic E-state index is 13.1. The summed E-state index contributed by atoms with van der Waals surface area (Å²) in [5.41, 5.74) is 1.68. The number of imidazole rings is 1. The molecule has 1 aliphatic heterocycles. The number of nitrogens with one attached hydrogen (secondary N) is 1. The zero-order valence-electron chi connectivity index (χ0n) is 17.4. The molecule has 156 valence electrons. The summed E-state index contributed by atoms with van der Waals surface area (Å²) in [6, 6.07) is 0. The maximum absolute atomic E-state index is 13.1. The summed E-state index contributed by atoms with van der Waals surface area (Å²) in [5.74, 6) is 6.50. The Hall–Kier alpha value is -2.56. The molecular formula is C21H29ClN6O. The van der Waals surface area contributed by atoms with E-state index in [0.29, 0.717) is 18.1 Å². The molecule has 0 radical (unpaired) electrons. The molecule has 0 unspecified atom stereocenters. The van der Waals surface area contributed by atoms with Crippen LogP contribution >= 0.6 is 11.6 Å². The van der Waals surface area contributed by atoms with Gasteiger partial charge in [-0.25, -0.2) is 4.79 Å². The van der Waals surface area contributed by atoms with Crippen LogP contribution in [0.3, 0.4) is 0 Å². The van der Waals surface area contributed by atoms with Gasteiger partial charge in [0.05, 0.1) is 6.54 Å². The van der Waals surface area contributed by atoms with Crippen molar-refractivity contribution < 1.29 is 0 Å². The molecule has 7 nitrogen and oxygen atoms in total. The van der Waals surface area contributed by atoms with E-state index in [9.17, 15) is 4.79 Å². The molecule has 0 aromatic carbocycles. The number of allylic oxidation sites excluding steroid dienone is 3. The number of hydrogen-bond acceptors (Lipinski definition) is 3. The van der Waals surface area contributed by atoms with Crippen molar-refractivity contribution >= 4 is 22.7 Å². The first-order valence-corrected chi connectivity index (χ1v) is 10.0. The molecule has 0 atom stereocenters. The van der Waals surface area contributed by atoms with Gasteiger partial charge in [-0.15, -0.1) is 12.5 Å². The van der Waals surface area contributed by atoms with Gasteiger partial charge in [0, 0.05) is 46.0 Å². The van der Waals surface area contributed by atoms with Gasteiger partial charge in [-0.2, -0.15) is 4.99 Å². The van der Waals surface area contributed by atoms with Crippen LogP contribution < -0.4 is 11.0 Å². The van der Waals surface area contributed by atoms with E-state index in [0.717, 1.165) is 38.2 Å². The monoisotopic (exact) mass is 416 g/mol. The molecule has 0 spiro atoms. The quantitative estimate of drug-likeness (QED) is 0.254. The average molecular weight is 417 g/mol. The van der Waals surface area contributed by atoms with Crippen LogP contribution in [0.15, 0.2) is 45.3 Å². The summed E-state index contributed by atoms with van der Waals surface area (Å²) in [5, 5.41) is 3.47. The van der Waals surface area contributed by atoms with Crippen molar-refractivity contribution in [2.75, 3.05) is 33.2 Å². The van der Waals surface area contributed by atoms with Crippen molar-refractivity contribution in [1.29, 1.82) is 0 Å². The number of nitrogens with zero attached hydrogens (tertiary/aromatic N) is 5. The minimum absolute atomic E-state index is 0.126. The lowest BCUT2D eigenvalue weighted by Crippen LogP contribution is -2.47. The lowest BCUT2D eigenvalue weighted by atomic mass is 10.2. The molecule has 2 rings (SSSR count). The largest absolute Gasteiger partial charge is 0.352 e. The number of aliphatic imine (C=N–C) groups is 2. The van der Waals surface area contributed by atoms with E-state index < -0.39 is 0 Å². The summed E-state index contributed by atoms with van der Waals surface area (Å²) in [6.07, 6.45) is 6.42. The molecule has 2 heterocycles. The van der Waals surface area contributed by atoms with Crippen LogP contribution in [0.5, 0.6) is 0 Å². The molecule has 1 N–H and O–H groups in total. The first kappa shape index (κ1) is 22.7. The van der Waals surface area contributed by atoms with Gasteiger partial charge in [-0.1, -0.05) is 23.6 Å². The Labute approximate surface area is 177 Å². The molecule has 0 amide bonds. The van der Waals surface area contributed by atoms with Gasteiger partial charge in [0.25, 0.3) is 0 Å². The molecule has 1 saturated heterocycles. The predicted molar refractivity (Wildman–Crippen MR) is 121 cm³/mol. The minimum Gasteiger partial charge on any atom is -0.352 e. The van der Waals surface area contributed by atoms with Gasteiger partial charge >= 0.3 is 5.69 Å². The van der Waals surface area contributed by atoms with Crippen molar-refractivity contribution in [3.05, 3.63) is 46.7 Å². The zero-order chi connectivity index (χ0) is 21.2. The second kappa shape index (κ2) is 11.4. The van der Waals surface area contributed by atoms with Crippen molar-refractivity contribution in [3.8, 4) is 11.8 Å². The van der Waals surface area contributed by atoms with E-state index in [1.807, 2.05) is 25.3 Å². The summed E-state index contributed by atoms with van der Waals surface area (Å²) in [4.78, 5) is 23.8. The van der Waals surface area contributed by atoms with E-state index in [2.05, 4.69) is 38.6 Å². The van der Waals surface area contributed by atoms with E-state index in [-0.39, 0.29) is 17.5 Å². The van der Waals surface area contributed by atoms with Crippen LogP contribution in [0, 0.1) is 11.8 Å². The molecular weight excluding hydrogens is 388 g/mol. The number of amidine groups is 2. The van der Waals surface area contributed by atoms with E-state index in [1.165, 1.54) is 0 Å². The molecule has 0 saturated carbocycles. The first-order valence-electron chi connectivity index (χ1n) is 9.67. The molecule has 1 aliphatic rings. The Kier molecular flexibility index (Phi) is 8.97. The van der Waals surface area contributed by atoms with Crippen LogP contribution in [0.1, 0.15) is 26.0 Å². The number of rotatable bonds is 6. The normalized spacial score (nSPS) is 15.9. The molecule has 0 bridgehead atoms. The van der Waals surface area contributed by atoms with Crippen LogP contribution in [0.2, 0.25) is 0 Å². The maximum Gasteiger partial charge on any atom is 0.329 e. The van der Waals surface area contributed by atoms with Crippen molar-refractivity contribution in [2.45, 2.75) is 33.4 Å². The second-order valence-electron chi connectivity index (χ2n) is 6.54. The van der Waals surface area contributed by atoms with E-state index in [4.69, 9.17) is 11.6 Å². The van der Waals surface area contributed by atoms with Crippen LogP contribution in [0.4, 0.5) is 0 Å². The Morgan fingerprint density at radius 1 is 1.41 bits per heavy atom. The highest BCUT2D eigenvalue weighted by atomic mass is 35.5. The van der Waals surface area contributed by atoms with Gasteiger partial charge in [-0.05, 0) is 31.9 Å². The number of hydrogen-bond donors (Lipinski definition) is 1. The number of halogens is 1. The fourth-order valence-corrected chi connectivity index (χ4v) is 3.20. The third-order valence-corrected chi connectivity index (χ3v) is 4.93. The minimum atomic E-state index is -0.126. The number of piperazine rings is 1. The zero-order valence-corrected chi connectivity index (χ0v) is 18.2. The smallest absolute Gasteiger partial charge is 0.329 e. The highest BCUT2D eigenvalue weighted by Crippen LogP contribution is 2.11. The van der Waals surface area contributed by atoms with Gasteiger partial charge in [0.1, 0.15) is 5.69 Å². The fourth-order valence-electron chi connectivity index (χ4n) is 3.12. The molecule has 0 aliphatic carbocycles. The van der Waals surface area contributed by atoms with Crippen LogP contribution in [-0.2, 0) is 13.1 Å². The average Bonchev–Trinajstić information content (AvgIpc) is 3.05. The van der Waals surface area contributed by atoms with Gasteiger partial charge < -0.3 is 10.2 Å². The molecule has 1 aromatic heterocycles. The predicted octanol–water partition coefficient (Wildman–Crippen LogP) is 2.07. The van der Waals surface area contributed by atoms with Gasteiger partial charge in [-0.3, -0.25) is 14.1 Å². The summed E-state index contributed by atoms with van der Waals surface area (Å²) >= 11 is 6.16. The SMILES string of the molecule is C=CC/C(=C\C)Cn1cc(/C(=N\C(Cl)=NC)N2CCNCC2)n(CC#CC)c1=O. The highest BCUT2D eigenvalue weighted by molar-refractivity contribution is 6.65. The fraction of sp³-hybridized carbons (Fsp3) is 0.476. The van der Waals surface area contributed by atoms with E-state index in [1.54, 1.807) is 23.1 Å². The topological polar surface area (TPSA) is 66.9 Å². The van der Waals surface area contributed by atoms with Crippen molar-refractivity contribution in [2.24, 2.45) is 9.98 Å². The summed E-state index contributed by atoms with van der Waals surface area (Å²) in [6.45, 7) is 11.5. The van der Waals surface area contributed by atoms with Gasteiger partial charge in [0.2, 0.25) is 5.29 Å². The Morgan fingerprint density at radius 3 is 2.72 bits per heavy atom. The molecule has 1 fully saturated rings. The van der Waals surface area contributed by atoms with E-state index >= 15 is 0 Å². The molecule has 29 heavy (non-hydrogen) atoms. The standard InChI is InChI=1S/C21H29ClN6O/c1-5-8-12-28-18(16-27(21(28)29)15-17(7-3)9-6-2)19(25-20(22)23-4)26-13-10-24-11-14-26/h6-7,16,24H,2,9-15H2,1,3-4H3/b17-7+,23-20?,25-19+. The third-order valence-electron chi connectivity index (χ3n) is 4.68. The van der Waals surface area contributed by atoms with Gasteiger partial charge in [0.15, 0.2) is 5.84 Å². The lowest BCUT2D eigenvalue weighted by molar-refractivity contribution is 0.357. The summed E-state index contributed by atoms with van der Waals surface area (Å²) in [7, 11) is 1.59. The lowest BCUT2D eigenvalue weighted by Gasteiger charge is -2.30. The second-order valence-corrected chi connectivity index (χ2v) is 6.88. The Morgan fingerprint density at radius 2 is 2.14 bits per heavy atom. The Bertz CT molecular complexity index is 919. The third kappa shape index (κ3) is 5.96. The first-order chi connectivity index (χ1) is 14.0.